The first-order chi connectivity index (χ1) is 13.1. The topological polar surface area (TPSA) is 104 Å². The molecule has 0 bridgehead atoms. The van der Waals surface area contributed by atoms with Gasteiger partial charge in [-0.2, -0.15) is 4.68 Å². The van der Waals surface area contributed by atoms with Crippen LogP contribution in [-0.4, -0.2) is 30.3 Å². The van der Waals surface area contributed by atoms with E-state index in [1.807, 2.05) is 42.7 Å². The zero-order valence-corrected chi connectivity index (χ0v) is 15.2. The van der Waals surface area contributed by atoms with Crippen LogP contribution in [0.15, 0.2) is 75.4 Å². The number of benzene rings is 2. The number of aromatic nitrogens is 5. The van der Waals surface area contributed by atoms with E-state index in [4.69, 9.17) is 5.84 Å². The molecule has 3 N–H and O–H groups in total. The van der Waals surface area contributed by atoms with Crippen molar-refractivity contribution in [1.29, 1.82) is 0 Å². The highest BCUT2D eigenvalue weighted by atomic mass is 32.2. The molecule has 0 aliphatic rings. The van der Waals surface area contributed by atoms with E-state index in [0.717, 1.165) is 14.8 Å². The monoisotopic (exact) mass is 380 g/mol. The molecule has 0 aliphatic heterocycles. The average Bonchev–Trinajstić information content (AvgIpc) is 3.18. The average molecular weight is 380 g/mol. The van der Waals surface area contributed by atoms with Gasteiger partial charge in [-0.15, -0.1) is 0 Å². The van der Waals surface area contributed by atoms with Crippen molar-refractivity contribution in [1.82, 2.24) is 24.0 Å². The van der Waals surface area contributed by atoms with E-state index in [2.05, 4.69) is 10.1 Å². The summed E-state index contributed by atoms with van der Waals surface area (Å²) in [6.07, 6.45) is 1.84. The standard InChI is InChI=1S/C18H16N6O2S/c1-27-17-20-14(12-8-4-2-5-9-12)15(23(17)19)24-18(26)22(16(25)21-24)13-10-6-3-7-11-13/h2-11H,19H2,1H3,(H,21,25). The number of hydrogen-bond donors (Lipinski definition) is 2. The van der Waals surface area contributed by atoms with E-state index in [1.54, 1.807) is 24.3 Å². The summed E-state index contributed by atoms with van der Waals surface area (Å²) in [5, 5.41) is 3.10. The van der Waals surface area contributed by atoms with Gasteiger partial charge in [0.15, 0.2) is 11.0 Å². The van der Waals surface area contributed by atoms with Crippen LogP contribution < -0.4 is 17.2 Å². The van der Waals surface area contributed by atoms with Crippen LogP contribution in [0.5, 0.6) is 0 Å². The molecule has 2 aromatic heterocycles. The molecule has 2 aromatic carbocycles. The van der Waals surface area contributed by atoms with Crippen molar-refractivity contribution in [3.8, 4) is 22.8 Å². The maximum Gasteiger partial charge on any atom is 0.357 e. The molecular formula is C18H16N6O2S. The van der Waals surface area contributed by atoms with Gasteiger partial charge in [0.25, 0.3) is 0 Å². The minimum Gasteiger partial charge on any atom is -0.335 e. The van der Waals surface area contributed by atoms with Gasteiger partial charge in [0, 0.05) is 5.56 Å². The first kappa shape index (κ1) is 17.0. The molecule has 27 heavy (non-hydrogen) atoms. The first-order valence-corrected chi connectivity index (χ1v) is 9.31. The van der Waals surface area contributed by atoms with Crippen molar-refractivity contribution in [3.63, 3.8) is 0 Å². The van der Waals surface area contributed by atoms with Crippen LogP contribution in [0.25, 0.3) is 22.8 Å². The highest BCUT2D eigenvalue weighted by Gasteiger charge is 2.22. The Morgan fingerprint density at radius 1 is 1.00 bits per heavy atom. The van der Waals surface area contributed by atoms with Gasteiger partial charge in [-0.05, 0) is 18.4 Å². The van der Waals surface area contributed by atoms with E-state index < -0.39 is 11.4 Å². The Kier molecular flexibility index (Phi) is 4.21. The van der Waals surface area contributed by atoms with Crippen molar-refractivity contribution < 1.29 is 0 Å². The predicted molar refractivity (Wildman–Crippen MR) is 105 cm³/mol. The number of hydrogen-bond acceptors (Lipinski definition) is 5. The van der Waals surface area contributed by atoms with Gasteiger partial charge >= 0.3 is 11.4 Å². The van der Waals surface area contributed by atoms with Crippen molar-refractivity contribution >= 4 is 11.8 Å². The molecule has 0 spiro atoms. The molecule has 0 saturated carbocycles. The fourth-order valence-electron chi connectivity index (χ4n) is 2.88. The number of thioether (sulfide) groups is 1. The fourth-order valence-corrected chi connectivity index (χ4v) is 3.35. The number of rotatable bonds is 4. The number of imidazole rings is 1. The Labute approximate surface area is 157 Å². The lowest BCUT2D eigenvalue weighted by Crippen LogP contribution is -2.28. The molecule has 8 nitrogen and oxygen atoms in total. The number of H-pyrrole nitrogens is 1. The summed E-state index contributed by atoms with van der Waals surface area (Å²) >= 11 is 1.35. The number of nitrogens with two attached hydrogens (primary N) is 1. The van der Waals surface area contributed by atoms with Crippen LogP contribution in [-0.2, 0) is 0 Å². The van der Waals surface area contributed by atoms with Crippen molar-refractivity contribution in [2.75, 3.05) is 12.1 Å². The highest BCUT2D eigenvalue weighted by Crippen LogP contribution is 2.27. The summed E-state index contributed by atoms with van der Waals surface area (Å²) in [4.78, 5) is 30.0. The summed E-state index contributed by atoms with van der Waals surface area (Å²) < 4.78 is 3.49. The summed E-state index contributed by atoms with van der Waals surface area (Å²) in [5.74, 6) is 6.49. The van der Waals surface area contributed by atoms with Crippen LogP contribution in [0.2, 0.25) is 0 Å². The molecular weight excluding hydrogens is 364 g/mol. The normalized spacial score (nSPS) is 11.0. The molecule has 2 heterocycles. The number of para-hydroxylation sites is 1. The summed E-state index contributed by atoms with van der Waals surface area (Å²) in [7, 11) is 0. The minimum atomic E-state index is -0.558. The fraction of sp³-hybridized carbons (Fsp3) is 0.0556. The third-order valence-corrected chi connectivity index (χ3v) is 4.76. The maximum atomic E-state index is 13.0. The molecule has 4 aromatic rings. The lowest BCUT2D eigenvalue weighted by atomic mass is 10.1. The Morgan fingerprint density at radius 3 is 2.26 bits per heavy atom. The minimum absolute atomic E-state index is 0.294. The van der Waals surface area contributed by atoms with Crippen molar-refractivity contribution in [2.24, 2.45) is 0 Å². The SMILES string of the molecule is CSc1nc(-c2ccccc2)c(-n2[nH]c(=O)n(-c3ccccc3)c2=O)n1N. The van der Waals surface area contributed by atoms with Crippen LogP contribution in [0.1, 0.15) is 0 Å². The molecule has 0 amide bonds. The third kappa shape index (κ3) is 2.77. The van der Waals surface area contributed by atoms with Crippen molar-refractivity contribution in [2.45, 2.75) is 5.16 Å². The van der Waals surface area contributed by atoms with Crippen LogP contribution >= 0.6 is 11.8 Å². The van der Waals surface area contributed by atoms with Gasteiger partial charge in [0.1, 0.15) is 5.69 Å². The zero-order chi connectivity index (χ0) is 19.0. The second kappa shape index (κ2) is 6.69. The van der Waals surface area contributed by atoms with E-state index in [-0.39, 0.29) is 0 Å². The van der Waals surface area contributed by atoms with E-state index >= 15 is 0 Å². The van der Waals surface area contributed by atoms with Crippen LogP contribution in [0.3, 0.4) is 0 Å². The molecule has 0 aliphatic carbocycles. The molecule has 0 unspecified atom stereocenters. The van der Waals surface area contributed by atoms with Gasteiger partial charge in [0.05, 0.1) is 5.69 Å². The zero-order valence-electron chi connectivity index (χ0n) is 14.4. The van der Waals surface area contributed by atoms with Crippen LogP contribution in [0, 0.1) is 0 Å². The Morgan fingerprint density at radius 2 is 1.63 bits per heavy atom. The molecule has 9 heteroatoms. The van der Waals surface area contributed by atoms with Gasteiger partial charge in [-0.1, -0.05) is 60.3 Å². The van der Waals surface area contributed by atoms with E-state index in [9.17, 15) is 9.59 Å². The van der Waals surface area contributed by atoms with E-state index in [0.29, 0.717) is 22.4 Å². The predicted octanol–water partition coefficient (Wildman–Crippen LogP) is 1.62. The molecule has 136 valence electrons. The molecule has 0 fully saturated rings. The first-order valence-electron chi connectivity index (χ1n) is 8.09. The number of nitrogen functional groups attached to an aromatic ring is 1. The summed E-state index contributed by atoms with van der Waals surface area (Å²) in [6.45, 7) is 0. The second-order valence-electron chi connectivity index (χ2n) is 5.71. The van der Waals surface area contributed by atoms with E-state index in [1.165, 1.54) is 16.4 Å². The van der Waals surface area contributed by atoms with Gasteiger partial charge in [0.2, 0.25) is 0 Å². The quantitative estimate of drug-likeness (QED) is 0.414. The van der Waals surface area contributed by atoms with Gasteiger partial charge in [-0.25, -0.2) is 28.9 Å². The Hall–Kier alpha value is -3.46. The Bertz CT molecular complexity index is 1200. The molecule has 0 atom stereocenters. The lowest BCUT2D eigenvalue weighted by Gasteiger charge is -2.06. The van der Waals surface area contributed by atoms with Crippen LogP contribution in [0.4, 0.5) is 0 Å². The summed E-state index contributed by atoms with van der Waals surface area (Å²) in [5.41, 5.74) is 0.648. The lowest BCUT2D eigenvalue weighted by molar-refractivity contribution is 0.734. The molecule has 4 rings (SSSR count). The van der Waals surface area contributed by atoms with Gasteiger partial charge < -0.3 is 5.84 Å². The van der Waals surface area contributed by atoms with Crippen molar-refractivity contribution in [3.05, 3.63) is 81.6 Å². The molecule has 0 radical (unpaired) electrons. The smallest absolute Gasteiger partial charge is 0.335 e. The highest BCUT2D eigenvalue weighted by molar-refractivity contribution is 7.98. The van der Waals surface area contributed by atoms with Gasteiger partial charge in [-0.3, -0.25) is 0 Å². The largest absolute Gasteiger partial charge is 0.357 e. The molecule has 0 saturated heterocycles. The second-order valence-corrected chi connectivity index (χ2v) is 6.49. The number of nitrogens with one attached hydrogen (secondary N) is 1. The third-order valence-electron chi connectivity index (χ3n) is 4.10. The number of aromatic amines is 1. The Balaban J connectivity index is 2.00. The number of nitrogens with zero attached hydrogens (tertiary/aromatic N) is 4. The maximum absolute atomic E-state index is 13.0. The summed E-state index contributed by atoms with van der Waals surface area (Å²) in [6, 6.07) is 18.1.